The summed E-state index contributed by atoms with van der Waals surface area (Å²) in [5.41, 5.74) is 1.41. The van der Waals surface area contributed by atoms with Crippen LogP contribution < -0.4 is 5.32 Å². The first kappa shape index (κ1) is 12.4. The zero-order valence-electron chi connectivity index (χ0n) is 8.83. The summed E-state index contributed by atoms with van der Waals surface area (Å²) in [5.74, 6) is -0.278. The summed E-state index contributed by atoms with van der Waals surface area (Å²) < 4.78 is 0. The smallest absolute Gasteiger partial charge is 0.267 e. The van der Waals surface area contributed by atoms with Crippen LogP contribution in [0.25, 0.3) is 0 Å². The minimum absolute atomic E-state index is 0.261. The Morgan fingerprint density at radius 3 is 2.88 bits per heavy atom. The molecule has 17 heavy (non-hydrogen) atoms. The van der Waals surface area contributed by atoms with E-state index in [1.807, 2.05) is 6.92 Å². The number of carbonyl (C=O) groups is 1. The Hall–Kier alpha value is -1.10. The maximum atomic E-state index is 11.9. The van der Waals surface area contributed by atoms with Gasteiger partial charge in [-0.1, -0.05) is 23.2 Å². The molecule has 0 saturated carbocycles. The van der Waals surface area contributed by atoms with Gasteiger partial charge in [0.15, 0.2) is 5.15 Å². The number of rotatable bonds is 2. The molecule has 0 aliphatic carbocycles. The van der Waals surface area contributed by atoms with E-state index in [1.165, 1.54) is 11.3 Å². The minimum Gasteiger partial charge on any atom is -0.319 e. The van der Waals surface area contributed by atoms with E-state index in [2.05, 4.69) is 10.3 Å². The van der Waals surface area contributed by atoms with Gasteiger partial charge in [0.2, 0.25) is 0 Å². The fraction of sp³-hybridized carbons (Fsp3) is 0.0909. The standard InChI is InChI=1S/C11H8Cl2N2OS/c1-6-4-8(10(13)14-5-6)15-11(16)9-7(12)2-3-17-9/h2-5H,1H3,(H,15,16). The first-order chi connectivity index (χ1) is 8.08. The molecule has 2 rings (SSSR count). The second-order valence-corrected chi connectivity index (χ2v) is 5.08. The normalized spacial score (nSPS) is 10.3. The monoisotopic (exact) mass is 286 g/mol. The molecule has 1 amide bonds. The van der Waals surface area contributed by atoms with Gasteiger partial charge in [-0.15, -0.1) is 11.3 Å². The number of carbonyl (C=O) groups excluding carboxylic acids is 1. The molecule has 3 nitrogen and oxygen atoms in total. The highest BCUT2D eigenvalue weighted by Crippen LogP contribution is 2.25. The first-order valence-corrected chi connectivity index (χ1v) is 6.38. The molecule has 88 valence electrons. The average Bonchev–Trinajstić information content (AvgIpc) is 2.70. The number of thiophene rings is 1. The highest BCUT2D eigenvalue weighted by molar-refractivity contribution is 7.12. The van der Waals surface area contributed by atoms with E-state index < -0.39 is 0 Å². The van der Waals surface area contributed by atoms with Crippen LogP contribution in [0.15, 0.2) is 23.7 Å². The summed E-state index contributed by atoms with van der Waals surface area (Å²) in [7, 11) is 0. The van der Waals surface area contributed by atoms with Crippen molar-refractivity contribution in [3.8, 4) is 0 Å². The lowest BCUT2D eigenvalue weighted by molar-refractivity contribution is 0.103. The summed E-state index contributed by atoms with van der Waals surface area (Å²) in [5, 5.41) is 5.14. The van der Waals surface area contributed by atoms with Crippen molar-refractivity contribution < 1.29 is 4.79 Å². The van der Waals surface area contributed by atoms with Gasteiger partial charge in [0.25, 0.3) is 5.91 Å². The molecular weight excluding hydrogens is 279 g/mol. The van der Waals surface area contributed by atoms with E-state index in [9.17, 15) is 4.79 Å². The maximum absolute atomic E-state index is 11.9. The maximum Gasteiger partial charge on any atom is 0.267 e. The molecule has 1 N–H and O–H groups in total. The molecular formula is C11H8Cl2N2OS. The predicted molar refractivity (Wildman–Crippen MR) is 71.3 cm³/mol. The largest absolute Gasteiger partial charge is 0.319 e. The van der Waals surface area contributed by atoms with Crippen LogP contribution in [0.5, 0.6) is 0 Å². The van der Waals surface area contributed by atoms with Gasteiger partial charge in [-0.2, -0.15) is 0 Å². The molecule has 0 aliphatic heterocycles. The van der Waals surface area contributed by atoms with Crippen LogP contribution in [-0.2, 0) is 0 Å². The molecule has 2 heterocycles. The number of hydrogen-bond acceptors (Lipinski definition) is 3. The summed E-state index contributed by atoms with van der Waals surface area (Å²) in [6.45, 7) is 1.87. The van der Waals surface area contributed by atoms with Crippen LogP contribution in [0.2, 0.25) is 10.2 Å². The number of anilines is 1. The molecule has 6 heteroatoms. The Morgan fingerprint density at radius 1 is 1.47 bits per heavy atom. The van der Waals surface area contributed by atoms with E-state index >= 15 is 0 Å². The number of aromatic nitrogens is 1. The topological polar surface area (TPSA) is 42.0 Å². The van der Waals surface area contributed by atoms with Gasteiger partial charge in [0, 0.05) is 6.20 Å². The van der Waals surface area contributed by atoms with Crippen molar-refractivity contribution in [3.05, 3.63) is 44.3 Å². The van der Waals surface area contributed by atoms with Crippen molar-refractivity contribution in [2.45, 2.75) is 6.92 Å². The number of halogens is 2. The highest BCUT2D eigenvalue weighted by Gasteiger charge is 2.13. The summed E-state index contributed by atoms with van der Waals surface area (Å²) in [6.07, 6.45) is 1.64. The third-order valence-corrected chi connectivity index (χ3v) is 3.69. The Morgan fingerprint density at radius 2 is 2.24 bits per heavy atom. The van der Waals surface area contributed by atoms with Crippen LogP contribution in [0.4, 0.5) is 5.69 Å². The molecule has 0 aliphatic rings. The van der Waals surface area contributed by atoms with E-state index in [1.54, 1.807) is 23.7 Å². The van der Waals surface area contributed by atoms with Gasteiger partial charge < -0.3 is 5.32 Å². The Labute approximate surface area is 112 Å². The number of nitrogens with one attached hydrogen (secondary N) is 1. The molecule has 2 aromatic rings. The van der Waals surface area contributed by atoms with Crippen LogP contribution in [0.3, 0.4) is 0 Å². The fourth-order valence-electron chi connectivity index (χ4n) is 1.28. The molecule has 0 saturated heterocycles. The van der Waals surface area contributed by atoms with Crippen molar-refractivity contribution in [1.29, 1.82) is 0 Å². The van der Waals surface area contributed by atoms with Gasteiger partial charge in [-0.05, 0) is 30.0 Å². The Bertz CT molecular complexity index is 568. The van der Waals surface area contributed by atoms with E-state index in [4.69, 9.17) is 23.2 Å². The van der Waals surface area contributed by atoms with Crippen LogP contribution in [-0.4, -0.2) is 10.9 Å². The molecule has 2 aromatic heterocycles. The Kier molecular flexibility index (Phi) is 3.66. The van der Waals surface area contributed by atoms with Crippen LogP contribution in [0.1, 0.15) is 15.2 Å². The van der Waals surface area contributed by atoms with Gasteiger partial charge >= 0.3 is 0 Å². The molecule has 0 bridgehead atoms. The summed E-state index contributed by atoms with van der Waals surface area (Å²) in [4.78, 5) is 16.3. The van der Waals surface area contributed by atoms with Crippen molar-refractivity contribution in [2.24, 2.45) is 0 Å². The number of hydrogen-bond donors (Lipinski definition) is 1. The highest BCUT2D eigenvalue weighted by atomic mass is 35.5. The fourth-order valence-corrected chi connectivity index (χ4v) is 2.46. The second kappa shape index (κ2) is 5.04. The molecule has 0 atom stereocenters. The van der Waals surface area contributed by atoms with Crippen molar-refractivity contribution >= 4 is 46.1 Å². The zero-order valence-corrected chi connectivity index (χ0v) is 11.2. The molecule has 0 spiro atoms. The van der Waals surface area contributed by atoms with Crippen molar-refractivity contribution in [2.75, 3.05) is 5.32 Å². The average molecular weight is 287 g/mol. The first-order valence-electron chi connectivity index (χ1n) is 4.74. The quantitative estimate of drug-likeness (QED) is 0.848. The molecule has 0 radical (unpaired) electrons. The SMILES string of the molecule is Cc1cnc(Cl)c(NC(=O)c2sccc2Cl)c1. The summed E-state index contributed by atoms with van der Waals surface area (Å²) >= 11 is 13.0. The number of nitrogens with zero attached hydrogens (tertiary/aromatic N) is 1. The number of aryl methyl sites for hydroxylation is 1. The molecule has 0 unspecified atom stereocenters. The Balaban J connectivity index is 2.24. The lowest BCUT2D eigenvalue weighted by atomic mass is 10.3. The lowest BCUT2D eigenvalue weighted by Crippen LogP contribution is -2.11. The molecule has 0 aromatic carbocycles. The van der Waals surface area contributed by atoms with Gasteiger partial charge in [0.05, 0.1) is 10.7 Å². The summed E-state index contributed by atoms with van der Waals surface area (Å²) in [6, 6.07) is 3.44. The van der Waals surface area contributed by atoms with E-state index in [-0.39, 0.29) is 11.1 Å². The third kappa shape index (κ3) is 2.77. The van der Waals surface area contributed by atoms with Crippen molar-refractivity contribution in [3.63, 3.8) is 0 Å². The van der Waals surface area contributed by atoms with Gasteiger partial charge in [-0.3, -0.25) is 4.79 Å². The molecule has 0 fully saturated rings. The predicted octanol–water partition coefficient (Wildman–Crippen LogP) is 4.01. The van der Waals surface area contributed by atoms with Gasteiger partial charge in [-0.25, -0.2) is 4.98 Å². The minimum atomic E-state index is -0.278. The zero-order chi connectivity index (χ0) is 12.4. The van der Waals surface area contributed by atoms with E-state index in [0.29, 0.717) is 15.6 Å². The van der Waals surface area contributed by atoms with Crippen molar-refractivity contribution in [1.82, 2.24) is 4.98 Å². The lowest BCUT2D eigenvalue weighted by Gasteiger charge is -2.06. The van der Waals surface area contributed by atoms with Crippen LogP contribution >= 0.6 is 34.5 Å². The van der Waals surface area contributed by atoms with E-state index in [0.717, 1.165) is 5.56 Å². The third-order valence-electron chi connectivity index (χ3n) is 2.05. The number of amides is 1. The second-order valence-electron chi connectivity index (χ2n) is 3.40. The number of pyridine rings is 1. The van der Waals surface area contributed by atoms with Crippen LogP contribution in [0, 0.1) is 6.92 Å². The van der Waals surface area contributed by atoms with Gasteiger partial charge in [0.1, 0.15) is 4.88 Å².